The van der Waals surface area contributed by atoms with E-state index in [1.165, 1.54) is 5.56 Å². The molecule has 0 amide bonds. The monoisotopic (exact) mass is 395 g/mol. The molecule has 2 aromatic rings. The molecular weight excluding hydrogens is 374 g/mol. The third kappa shape index (κ3) is 2.75. The van der Waals surface area contributed by atoms with Gasteiger partial charge in [-0.2, -0.15) is 0 Å². The summed E-state index contributed by atoms with van der Waals surface area (Å²) in [6.45, 7) is 6.14. The van der Waals surface area contributed by atoms with Crippen LogP contribution >= 0.6 is 11.6 Å². The van der Waals surface area contributed by atoms with Crippen LogP contribution in [0, 0.1) is 6.92 Å². The average molecular weight is 396 g/mol. The Kier molecular flexibility index (Phi) is 4.76. The van der Waals surface area contributed by atoms with E-state index in [-0.39, 0.29) is 18.2 Å². The summed E-state index contributed by atoms with van der Waals surface area (Å²) in [6.07, 6.45) is 2.16. The number of allylic oxidation sites excluding steroid dienone is 1. The largest absolute Gasteiger partial charge is 0.461 e. The van der Waals surface area contributed by atoms with Crippen molar-refractivity contribution in [3.63, 3.8) is 0 Å². The van der Waals surface area contributed by atoms with Crippen LogP contribution in [0.5, 0.6) is 0 Å². The predicted octanol–water partition coefficient (Wildman–Crippen LogP) is 4.95. The Hall–Kier alpha value is -2.59. The number of nitrogens with zero attached hydrogens (tertiary/aromatic N) is 1. The summed E-state index contributed by atoms with van der Waals surface area (Å²) in [5.74, 6) is -0.730. The van der Waals surface area contributed by atoms with Gasteiger partial charge in [-0.25, -0.2) is 4.79 Å². The second kappa shape index (κ2) is 7.10. The van der Waals surface area contributed by atoms with Crippen LogP contribution < -0.4 is 0 Å². The van der Waals surface area contributed by atoms with Crippen LogP contribution in [-0.4, -0.2) is 23.7 Å². The molecule has 28 heavy (non-hydrogen) atoms. The van der Waals surface area contributed by atoms with Gasteiger partial charge in [0.25, 0.3) is 0 Å². The number of ether oxygens (including phenoxy) is 1. The minimum atomic E-state index is -1.00. The SMILES string of the molecule is CCOC(=O)C1=NO[C@]2(c3ccccc3C(C)=C[C@H]2c2ccc(C)cc2)[C@H]1Cl. The first-order valence-electron chi connectivity index (χ1n) is 9.41. The molecule has 2 aliphatic rings. The zero-order chi connectivity index (χ0) is 19.9. The fourth-order valence-corrected chi connectivity index (χ4v) is 4.50. The van der Waals surface area contributed by atoms with Crippen molar-refractivity contribution in [2.75, 3.05) is 6.61 Å². The van der Waals surface area contributed by atoms with Gasteiger partial charge in [0.15, 0.2) is 11.3 Å². The van der Waals surface area contributed by atoms with Crippen LogP contribution in [0.25, 0.3) is 5.57 Å². The Labute approximate surface area is 169 Å². The number of fused-ring (bicyclic) bond motifs is 2. The molecule has 1 heterocycles. The lowest BCUT2D eigenvalue weighted by Gasteiger charge is -2.41. The second-order valence-corrected chi connectivity index (χ2v) is 7.66. The number of aryl methyl sites for hydroxylation is 1. The maximum Gasteiger partial charge on any atom is 0.357 e. The topological polar surface area (TPSA) is 47.9 Å². The first kappa shape index (κ1) is 18.8. The van der Waals surface area contributed by atoms with Crippen LogP contribution in [0.4, 0.5) is 0 Å². The van der Waals surface area contributed by atoms with Gasteiger partial charge in [-0.1, -0.05) is 65.3 Å². The highest BCUT2D eigenvalue weighted by Gasteiger charge is 2.58. The Balaban J connectivity index is 1.88. The van der Waals surface area contributed by atoms with Crippen molar-refractivity contribution >= 4 is 28.9 Å². The summed E-state index contributed by atoms with van der Waals surface area (Å²) in [4.78, 5) is 18.5. The number of hydrogen-bond acceptors (Lipinski definition) is 4. The molecule has 0 bridgehead atoms. The van der Waals surface area contributed by atoms with Crippen molar-refractivity contribution < 1.29 is 14.4 Å². The van der Waals surface area contributed by atoms with Crippen molar-refractivity contribution in [3.8, 4) is 0 Å². The normalized spacial score (nSPS) is 25.6. The molecule has 4 nitrogen and oxygen atoms in total. The van der Waals surface area contributed by atoms with Gasteiger partial charge in [0.05, 0.1) is 12.5 Å². The molecule has 144 valence electrons. The average Bonchev–Trinajstić information content (AvgIpc) is 3.04. The van der Waals surface area contributed by atoms with Gasteiger partial charge < -0.3 is 9.57 Å². The third-order valence-corrected chi connectivity index (χ3v) is 6.02. The summed E-state index contributed by atoms with van der Waals surface area (Å²) < 4.78 is 5.15. The van der Waals surface area contributed by atoms with Gasteiger partial charge in [0.2, 0.25) is 0 Å². The molecule has 1 aliphatic carbocycles. The lowest BCUT2D eigenvalue weighted by molar-refractivity contribution is -0.135. The number of carbonyl (C=O) groups is 1. The van der Waals surface area contributed by atoms with Gasteiger partial charge in [0, 0.05) is 5.56 Å². The lowest BCUT2D eigenvalue weighted by atomic mass is 9.68. The number of rotatable bonds is 3. The molecule has 1 spiro atoms. The van der Waals surface area contributed by atoms with Crippen LogP contribution in [0.1, 0.15) is 42.0 Å². The predicted molar refractivity (Wildman–Crippen MR) is 110 cm³/mol. The fourth-order valence-electron chi connectivity index (χ4n) is 4.08. The number of carbonyl (C=O) groups excluding carboxylic acids is 1. The van der Waals surface area contributed by atoms with E-state index >= 15 is 0 Å². The van der Waals surface area contributed by atoms with Crippen LogP contribution in [0.3, 0.4) is 0 Å². The van der Waals surface area contributed by atoms with Crippen molar-refractivity contribution in [2.24, 2.45) is 5.16 Å². The van der Waals surface area contributed by atoms with Gasteiger partial charge in [-0.15, -0.1) is 11.6 Å². The molecule has 0 aromatic heterocycles. The van der Waals surface area contributed by atoms with Crippen molar-refractivity contribution in [3.05, 3.63) is 76.9 Å². The minimum Gasteiger partial charge on any atom is -0.461 e. The van der Waals surface area contributed by atoms with Crippen molar-refractivity contribution in [2.45, 2.75) is 37.7 Å². The molecular formula is C23H22ClNO3. The summed E-state index contributed by atoms with van der Waals surface area (Å²) in [5.41, 5.74) is 4.47. The van der Waals surface area contributed by atoms with E-state index < -0.39 is 16.9 Å². The number of oxime groups is 1. The van der Waals surface area contributed by atoms with E-state index in [4.69, 9.17) is 21.2 Å². The van der Waals surface area contributed by atoms with E-state index in [0.717, 1.165) is 22.3 Å². The molecule has 0 fully saturated rings. The highest BCUT2D eigenvalue weighted by atomic mass is 35.5. The zero-order valence-corrected chi connectivity index (χ0v) is 16.9. The molecule has 5 heteroatoms. The number of alkyl halides is 1. The molecule has 0 saturated carbocycles. The van der Waals surface area contributed by atoms with Gasteiger partial charge >= 0.3 is 5.97 Å². The molecule has 4 rings (SSSR count). The highest BCUT2D eigenvalue weighted by Crippen LogP contribution is 2.54. The van der Waals surface area contributed by atoms with Crippen molar-refractivity contribution in [1.29, 1.82) is 0 Å². The maximum atomic E-state index is 12.4. The smallest absolute Gasteiger partial charge is 0.357 e. The van der Waals surface area contributed by atoms with E-state index in [0.29, 0.717) is 0 Å². The van der Waals surface area contributed by atoms with Gasteiger partial charge in [-0.05, 0) is 37.5 Å². The Bertz CT molecular complexity index is 980. The van der Waals surface area contributed by atoms with E-state index in [9.17, 15) is 4.79 Å². The Morgan fingerprint density at radius 2 is 1.89 bits per heavy atom. The second-order valence-electron chi connectivity index (χ2n) is 7.23. The van der Waals surface area contributed by atoms with Crippen LogP contribution in [0.15, 0.2) is 59.8 Å². The quantitative estimate of drug-likeness (QED) is 0.545. The fraction of sp³-hybridized carbons (Fsp3) is 0.304. The lowest BCUT2D eigenvalue weighted by Crippen LogP contribution is -2.46. The molecule has 3 atom stereocenters. The molecule has 0 unspecified atom stereocenters. The van der Waals surface area contributed by atoms with Crippen LogP contribution in [0.2, 0.25) is 0 Å². The molecule has 1 aliphatic heterocycles. The number of benzene rings is 2. The van der Waals surface area contributed by atoms with Crippen molar-refractivity contribution in [1.82, 2.24) is 0 Å². The summed E-state index contributed by atoms with van der Waals surface area (Å²) >= 11 is 6.91. The van der Waals surface area contributed by atoms with E-state index in [1.54, 1.807) is 6.92 Å². The third-order valence-electron chi connectivity index (χ3n) is 5.48. The molecule has 0 radical (unpaired) electrons. The first-order valence-corrected chi connectivity index (χ1v) is 9.84. The number of halogens is 1. The maximum absolute atomic E-state index is 12.4. The Morgan fingerprint density at radius 3 is 2.61 bits per heavy atom. The number of hydrogen-bond donors (Lipinski definition) is 0. The Morgan fingerprint density at radius 1 is 1.18 bits per heavy atom. The summed E-state index contributed by atoms with van der Waals surface area (Å²) in [7, 11) is 0. The first-order chi connectivity index (χ1) is 13.5. The van der Waals surface area contributed by atoms with Gasteiger partial charge in [0.1, 0.15) is 5.38 Å². The summed E-state index contributed by atoms with van der Waals surface area (Å²) in [6, 6.07) is 16.3. The van der Waals surface area contributed by atoms with E-state index in [2.05, 4.69) is 49.3 Å². The van der Waals surface area contributed by atoms with Crippen LogP contribution in [-0.2, 0) is 20.0 Å². The zero-order valence-electron chi connectivity index (χ0n) is 16.1. The summed E-state index contributed by atoms with van der Waals surface area (Å²) in [5, 5.41) is 3.34. The highest BCUT2D eigenvalue weighted by molar-refractivity contribution is 6.50. The minimum absolute atomic E-state index is 0.114. The standard InChI is InChI=1S/C23H22ClNO3/c1-4-27-22(26)20-21(24)23(28-25-20)18-8-6-5-7-17(18)15(3)13-19(23)16-11-9-14(2)10-12-16/h5-13,19,21H,4H2,1-3H3/t19-,21-,23-/m0/s1. The molecule has 0 saturated heterocycles. The molecule has 0 N–H and O–H groups in total. The number of esters is 1. The van der Waals surface area contributed by atoms with Gasteiger partial charge in [-0.3, -0.25) is 0 Å². The molecule has 2 aromatic carbocycles. The van der Waals surface area contributed by atoms with E-state index in [1.807, 2.05) is 24.3 Å².